The van der Waals surface area contributed by atoms with Gasteiger partial charge in [-0.3, -0.25) is 4.79 Å². The van der Waals surface area contributed by atoms with Gasteiger partial charge in [-0.25, -0.2) is 0 Å². The highest BCUT2D eigenvalue weighted by atomic mass is 28.4. The van der Waals surface area contributed by atoms with E-state index >= 15 is 0 Å². The largest absolute Gasteiger partial charge is 0.528 e. The highest BCUT2D eigenvalue weighted by Crippen LogP contribution is 2.55. The van der Waals surface area contributed by atoms with E-state index in [9.17, 15) is 4.79 Å². The normalized spacial score (nSPS) is 26.7. The van der Waals surface area contributed by atoms with E-state index < -0.39 is 8.32 Å². The van der Waals surface area contributed by atoms with Gasteiger partial charge in [-0.05, 0) is 55.1 Å². The van der Waals surface area contributed by atoms with E-state index in [1.54, 1.807) is 0 Å². The maximum atomic E-state index is 12.8. The molecule has 1 fully saturated rings. The first-order chi connectivity index (χ1) is 10.7. The molecule has 1 rings (SSSR count). The van der Waals surface area contributed by atoms with Crippen LogP contribution in [0.3, 0.4) is 0 Å². The van der Waals surface area contributed by atoms with E-state index in [0.29, 0.717) is 22.5 Å². The van der Waals surface area contributed by atoms with Gasteiger partial charge in [-0.15, -0.1) is 0 Å². The Morgan fingerprint density at radius 1 is 1.12 bits per heavy atom. The SMILES string of the molecule is CC(C)C(C)(C)C1(C(=O)O[SiH3])CCC(O[Si](C)(C)C(C)(C)C)CC1. The predicted molar refractivity (Wildman–Crippen MR) is 108 cm³/mol. The number of hydrogen-bond acceptors (Lipinski definition) is 3. The summed E-state index contributed by atoms with van der Waals surface area (Å²) >= 11 is 0. The monoisotopic (exact) mass is 372 g/mol. The van der Waals surface area contributed by atoms with Crippen molar-refractivity contribution < 1.29 is 13.6 Å². The molecule has 0 heterocycles. The molecule has 0 unspecified atom stereocenters. The van der Waals surface area contributed by atoms with Gasteiger partial charge in [0.25, 0.3) is 5.97 Å². The summed E-state index contributed by atoms with van der Waals surface area (Å²) < 4.78 is 12.0. The van der Waals surface area contributed by atoms with Gasteiger partial charge in [0.05, 0.1) is 5.41 Å². The summed E-state index contributed by atoms with van der Waals surface area (Å²) in [4.78, 5) is 12.8. The first-order valence-electron chi connectivity index (χ1n) is 9.47. The van der Waals surface area contributed by atoms with Crippen LogP contribution in [0.5, 0.6) is 0 Å². The van der Waals surface area contributed by atoms with Crippen molar-refractivity contribution in [2.45, 2.75) is 98.4 Å². The van der Waals surface area contributed by atoms with E-state index in [2.05, 4.69) is 61.6 Å². The van der Waals surface area contributed by atoms with E-state index in [1.165, 1.54) is 0 Å². The van der Waals surface area contributed by atoms with Crippen LogP contribution in [0.4, 0.5) is 0 Å². The van der Waals surface area contributed by atoms with Crippen LogP contribution in [0, 0.1) is 16.7 Å². The Hall–Kier alpha value is -0.136. The summed E-state index contributed by atoms with van der Waals surface area (Å²) in [6.45, 7) is 20.4. The first kappa shape index (κ1) is 21.9. The van der Waals surface area contributed by atoms with Gasteiger partial charge in [0, 0.05) is 6.10 Å². The molecule has 0 bridgehead atoms. The van der Waals surface area contributed by atoms with Crippen LogP contribution in [0.2, 0.25) is 18.1 Å². The van der Waals surface area contributed by atoms with Crippen molar-refractivity contribution in [3.8, 4) is 0 Å². The quantitative estimate of drug-likeness (QED) is 0.669. The van der Waals surface area contributed by atoms with Gasteiger partial charge in [0.1, 0.15) is 0 Å². The fourth-order valence-corrected chi connectivity index (χ4v) is 5.47. The third kappa shape index (κ3) is 3.99. The fraction of sp³-hybridized carbons (Fsp3) is 0.947. The zero-order valence-corrected chi connectivity index (χ0v) is 20.7. The Kier molecular flexibility index (Phi) is 6.60. The summed E-state index contributed by atoms with van der Waals surface area (Å²) in [5.41, 5.74) is -0.410. The van der Waals surface area contributed by atoms with Crippen molar-refractivity contribution in [3.05, 3.63) is 0 Å². The molecule has 0 amide bonds. The second-order valence-electron chi connectivity index (χ2n) is 10.0. The highest BCUT2D eigenvalue weighted by Gasteiger charge is 2.55. The molecule has 24 heavy (non-hydrogen) atoms. The Bertz CT molecular complexity index is 442. The Morgan fingerprint density at radius 2 is 1.58 bits per heavy atom. The summed E-state index contributed by atoms with van der Waals surface area (Å²) in [5, 5.41) is 0.229. The molecule has 0 saturated heterocycles. The topological polar surface area (TPSA) is 35.5 Å². The molecule has 1 aliphatic carbocycles. The summed E-state index contributed by atoms with van der Waals surface area (Å²) in [5.74, 6) is 0.467. The minimum Gasteiger partial charge on any atom is -0.528 e. The van der Waals surface area contributed by atoms with E-state index in [4.69, 9.17) is 8.85 Å². The Balaban J connectivity index is 2.95. The molecule has 0 aromatic heterocycles. The standard InChI is InChI=1S/C19H40O3Si2/c1-14(2)18(6,7)19(16(20)21-23)12-10-15(11-13-19)22-24(8,9)17(3,4)5/h14-15H,10-13H2,1-9,23H3. The van der Waals surface area contributed by atoms with Gasteiger partial charge >= 0.3 is 0 Å². The van der Waals surface area contributed by atoms with E-state index in [1.807, 2.05) is 0 Å². The third-order valence-electron chi connectivity index (χ3n) is 7.31. The van der Waals surface area contributed by atoms with E-state index in [0.717, 1.165) is 25.7 Å². The fourth-order valence-electron chi connectivity index (χ4n) is 3.65. The molecule has 0 N–H and O–H groups in total. The lowest BCUT2D eigenvalue weighted by atomic mass is 9.54. The second-order valence-corrected chi connectivity index (χ2v) is 15.2. The van der Waals surface area contributed by atoms with Crippen molar-refractivity contribution in [2.24, 2.45) is 16.7 Å². The van der Waals surface area contributed by atoms with Crippen molar-refractivity contribution in [3.63, 3.8) is 0 Å². The molecule has 0 aliphatic heterocycles. The van der Waals surface area contributed by atoms with E-state index in [-0.39, 0.29) is 21.8 Å². The van der Waals surface area contributed by atoms with Crippen molar-refractivity contribution in [1.82, 2.24) is 0 Å². The smallest absolute Gasteiger partial charge is 0.298 e. The predicted octanol–water partition coefficient (Wildman–Crippen LogP) is 4.44. The molecule has 142 valence electrons. The zero-order valence-electron chi connectivity index (χ0n) is 17.7. The molecule has 0 aromatic rings. The zero-order chi connectivity index (χ0) is 19.0. The second kappa shape index (κ2) is 7.24. The molecule has 1 saturated carbocycles. The molecule has 0 spiro atoms. The molecule has 0 atom stereocenters. The Labute approximate surface area is 153 Å². The number of rotatable bonds is 5. The minimum atomic E-state index is -1.75. The average Bonchev–Trinajstić information content (AvgIpc) is 2.45. The highest BCUT2D eigenvalue weighted by molar-refractivity contribution is 6.74. The third-order valence-corrected chi connectivity index (χ3v) is 12.2. The van der Waals surface area contributed by atoms with Crippen LogP contribution in [0.1, 0.15) is 74.1 Å². The van der Waals surface area contributed by atoms with Crippen LogP contribution < -0.4 is 0 Å². The van der Waals surface area contributed by atoms with Crippen LogP contribution in [-0.2, 0) is 13.6 Å². The molecule has 0 radical (unpaired) electrons. The van der Waals surface area contributed by atoms with Gasteiger partial charge in [0.15, 0.2) is 8.32 Å². The van der Waals surface area contributed by atoms with Gasteiger partial charge in [0.2, 0.25) is 10.5 Å². The lowest BCUT2D eigenvalue weighted by Gasteiger charge is -2.51. The number of carbonyl (C=O) groups is 1. The molecular weight excluding hydrogens is 332 g/mol. The minimum absolute atomic E-state index is 0.0265. The maximum absolute atomic E-state index is 12.8. The lowest BCUT2D eigenvalue weighted by Crippen LogP contribution is -2.52. The molecule has 1 aliphatic rings. The molecular formula is C19H40O3Si2. The summed E-state index contributed by atoms with van der Waals surface area (Å²) in [7, 11) is -1.27. The van der Waals surface area contributed by atoms with Crippen LogP contribution in [0.15, 0.2) is 0 Å². The molecule has 3 nitrogen and oxygen atoms in total. The van der Waals surface area contributed by atoms with Crippen LogP contribution >= 0.6 is 0 Å². The Morgan fingerprint density at radius 3 is 1.92 bits per heavy atom. The lowest BCUT2D eigenvalue weighted by molar-refractivity contribution is -0.162. The van der Waals surface area contributed by atoms with Crippen molar-refractivity contribution in [2.75, 3.05) is 0 Å². The maximum Gasteiger partial charge on any atom is 0.298 e. The molecule has 0 aromatic carbocycles. The van der Waals surface area contributed by atoms with Gasteiger partial charge in [-0.1, -0.05) is 48.5 Å². The van der Waals surface area contributed by atoms with Gasteiger partial charge < -0.3 is 8.85 Å². The van der Waals surface area contributed by atoms with Gasteiger partial charge in [-0.2, -0.15) is 0 Å². The van der Waals surface area contributed by atoms with Crippen molar-refractivity contribution in [1.29, 1.82) is 0 Å². The number of hydrogen-bond donors (Lipinski definition) is 0. The summed E-state index contributed by atoms with van der Waals surface area (Å²) in [6, 6.07) is 0. The number of carbonyl (C=O) groups excluding carboxylic acids is 1. The average molecular weight is 373 g/mol. The molecule has 5 heteroatoms. The summed E-state index contributed by atoms with van der Waals surface area (Å²) in [6.07, 6.45) is 4.01. The van der Waals surface area contributed by atoms with Crippen LogP contribution in [-0.4, -0.2) is 30.9 Å². The van der Waals surface area contributed by atoms with Crippen LogP contribution in [0.25, 0.3) is 0 Å². The van der Waals surface area contributed by atoms with Crippen molar-refractivity contribution >= 4 is 24.8 Å². The first-order valence-corrected chi connectivity index (χ1v) is 13.2.